The van der Waals surface area contributed by atoms with Gasteiger partial charge in [-0.1, -0.05) is 24.3 Å². The Morgan fingerprint density at radius 1 is 1.30 bits per heavy atom. The zero-order valence-electron chi connectivity index (χ0n) is 14.5. The van der Waals surface area contributed by atoms with Crippen LogP contribution in [0.3, 0.4) is 0 Å². The molecule has 1 atom stereocenters. The number of alkyl halides is 3. The highest BCUT2D eigenvalue weighted by Gasteiger charge is 2.62. The summed E-state index contributed by atoms with van der Waals surface area (Å²) >= 11 is 0. The Morgan fingerprint density at radius 2 is 2.07 bits per heavy atom. The second-order valence-corrected chi connectivity index (χ2v) is 6.84. The number of carbonyl (C=O) groups excluding carboxylic acids is 1. The molecule has 2 aliphatic heterocycles. The lowest BCUT2D eigenvalue weighted by Gasteiger charge is -2.30. The summed E-state index contributed by atoms with van der Waals surface area (Å²) in [6.45, 7) is 1.48. The minimum absolute atomic E-state index is 0.0667. The molecule has 0 aromatic heterocycles. The van der Waals surface area contributed by atoms with E-state index in [1.165, 1.54) is 18.2 Å². The first-order valence-electron chi connectivity index (χ1n) is 8.81. The molecule has 4 rings (SSSR count). The molecule has 5 nitrogen and oxygen atoms in total. The van der Waals surface area contributed by atoms with Gasteiger partial charge in [-0.3, -0.25) is 4.79 Å². The Morgan fingerprint density at radius 3 is 2.78 bits per heavy atom. The molecule has 1 aromatic rings. The van der Waals surface area contributed by atoms with Gasteiger partial charge in [-0.05, 0) is 12.5 Å². The highest BCUT2D eigenvalue weighted by atomic mass is 19.4. The zero-order valence-corrected chi connectivity index (χ0v) is 14.5. The highest BCUT2D eigenvalue weighted by Crippen LogP contribution is 2.53. The molecule has 2 heterocycles. The molecule has 0 bridgehead atoms. The lowest BCUT2D eigenvalue weighted by molar-refractivity contribution is -0.247. The molecule has 1 fully saturated rings. The molecule has 1 aliphatic carbocycles. The Hall–Kier alpha value is -2.48. The van der Waals surface area contributed by atoms with Gasteiger partial charge in [0.05, 0.1) is 13.1 Å². The van der Waals surface area contributed by atoms with Gasteiger partial charge in [-0.15, -0.1) is 0 Å². The average molecular weight is 380 g/mol. The third-order valence-electron chi connectivity index (χ3n) is 5.22. The Labute approximate surface area is 154 Å². The normalized spacial score (nSPS) is 24.5. The van der Waals surface area contributed by atoms with Gasteiger partial charge in [0, 0.05) is 35.4 Å². The number of carbonyl (C=O) groups is 1. The largest absolute Gasteiger partial charge is 0.494 e. The van der Waals surface area contributed by atoms with Crippen molar-refractivity contribution in [2.24, 2.45) is 0 Å². The predicted octanol–water partition coefficient (Wildman–Crippen LogP) is 2.29. The molecule has 8 heteroatoms. The van der Waals surface area contributed by atoms with E-state index in [0.29, 0.717) is 30.8 Å². The van der Waals surface area contributed by atoms with Crippen LogP contribution in [0.2, 0.25) is 0 Å². The summed E-state index contributed by atoms with van der Waals surface area (Å²) in [5.41, 5.74) is -2.91. The number of dihydropyridines is 1. The minimum Gasteiger partial charge on any atom is -0.494 e. The number of ether oxygens (including phenoxy) is 1. The van der Waals surface area contributed by atoms with E-state index < -0.39 is 11.8 Å². The van der Waals surface area contributed by atoms with Gasteiger partial charge in [0.15, 0.2) is 0 Å². The van der Waals surface area contributed by atoms with Crippen molar-refractivity contribution < 1.29 is 27.8 Å². The number of fused-ring (bicyclic) bond motifs is 2. The van der Waals surface area contributed by atoms with E-state index in [4.69, 9.17) is 4.74 Å². The van der Waals surface area contributed by atoms with Crippen LogP contribution in [-0.4, -0.2) is 48.3 Å². The molecular weight excluding hydrogens is 361 g/mol. The van der Waals surface area contributed by atoms with Crippen LogP contribution in [0.25, 0.3) is 5.70 Å². The quantitative estimate of drug-likeness (QED) is 0.842. The summed E-state index contributed by atoms with van der Waals surface area (Å²) in [7, 11) is 0. The number of likely N-dealkylation sites (tertiary alicyclic amines) is 1. The fraction of sp³-hybridized carbons (Fsp3) is 0.421. The van der Waals surface area contributed by atoms with Gasteiger partial charge in [0.2, 0.25) is 11.5 Å². The van der Waals surface area contributed by atoms with Crippen molar-refractivity contribution in [3.8, 4) is 0 Å². The summed E-state index contributed by atoms with van der Waals surface area (Å²) in [6, 6.07) is 5.95. The molecule has 2 N–H and O–H groups in total. The van der Waals surface area contributed by atoms with E-state index in [9.17, 15) is 23.1 Å². The molecule has 1 aromatic carbocycles. The van der Waals surface area contributed by atoms with Gasteiger partial charge in [0.25, 0.3) is 0 Å². The predicted molar refractivity (Wildman–Crippen MR) is 91.2 cm³/mol. The van der Waals surface area contributed by atoms with Crippen LogP contribution in [0, 0.1) is 0 Å². The van der Waals surface area contributed by atoms with Crippen LogP contribution >= 0.6 is 0 Å². The second-order valence-electron chi connectivity index (χ2n) is 6.84. The first kappa shape index (κ1) is 17.9. The molecule has 1 amide bonds. The number of hydrogen-bond donors (Lipinski definition) is 2. The SMILES string of the molecule is O=C1CCCN1CCOC1=CC2=C(NC1)c1ccccc1C2(O)C(F)(F)F. The third kappa shape index (κ3) is 2.79. The third-order valence-corrected chi connectivity index (χ3v) is 5.22. The topological polar surface area (TPSA) is 61.8 Å². The van der Waals surface area contributed by atoms with Gasteiger partial charge in [0.1, 0.15) is 12.4 Å². The van der Waals surface area contributed by atoms with Crippen LogP contribution in [0.4, 0.5) is 13.2 Å². The van der Waals surface area contributed by atoms with Crippen LogP contribution in [0.5, 0.6) is 0 Å². The van der Waals surface area contributed by atoms with Gasteiger partial charge >= 0.3 is 6.18 Å². The Bertz CT molecular complexity index is 847. The van der Waals surface area contributed by atoms with Crippen molar-refractivity contribution in [2.75, 3.05) is 26.2 Å². The van der Waals surface area contributed by atoms with E-state index in [2.05, 4.69) is 5.32 Å². The molecule has 27 heavy (non-hydrogen) atoms. The summed E-state index contributed by atoms with van der Waals surface area (Å²) < 4.78 is 47.0. The fourth-order valence-electron chi connectivity index (χ4n) is 3.87. The van der Waals surface area contributed by atoms with E-state index in [0.717, 1.165) is 6.42 Å². The van der Waals surface area contributed by atoms with Gasteiger partial charge in [-0.2, -0.15) is 13.2 Å². The molecule has 1 saturated heterocycles. The monoisotopic (exact) mass is 380 g/mol. The molecule has 1 unspecified atom stereocenters. The number of benzene rings is 1. The van der Waals surface area contributed by atoms with E-state index in [1.807, 2.05) is 0 Å². The minimum atomic E-state index is -4.87. The summed E-state index contributed by atoms with van der Waals surface area (Å²) in [4.78, 5) is 13.3. The number of nitrogens with one attached hydrogen (secondary N) is 1. The molecular formula is C19H19F3N2O3. The standard InChI is InChI=1S/C19H19F3N2O3/c20-19(21,22)18(26)14-5-2-1-4-13(14)17-15(18)10-12(11-23-17)27-9-8-24-7-3-6-16(24)25/h1-2,4-5,10,23,26H,3,6-9,11H2. The van der Waals surface area contributed by atoms with Crippen molar-refractivity contribution >= 4 is 11.6 Å². The van der Waals surface area contributed by atoms with Crippen LogP contribution < -0.4 is 5.32 Å². The van der Waals surface area contributed by atoms with Crippen molar-refractivity contribution in [1.29, 1.82) is 0 Å². The highest BCUT2D eigenvalue weighted by molar-refractivity contribution is 5.82. The van der Waals surface area contributed by atoms with Crippen molar-refractivity contribution in [3.05, 3.63) is 52.8 Å². The van der Waals surface area contributed by atoms with Crippen LogP contribution in [0.1, 0.15) is 24.0 Å². The molecule has 3 aliphatic rings. The molecule has 0 radical (unpaired) electrons. The fourth-order valence-corrected chi connectivity index (χ4v) is 3.87. The zero-order chi connectivity index (χ0) is 19.2. The molecule has 0 spiro atoms. The maximum absolute atomic E-state index is 13.8. The maximum atomic E-state index is 13.8. The van der Waals surface area contributed by atoms with E-state index >= 15 is 0 Å². The summed E-state index contributed by atoms with van der Waals surface area (Å²) in [5.74, 6) is 0.368. The lowest BCUT2D eigenvalue weighted by atomic mass is 9.89. The lowest BCUT2D eigenvalue weighted by Crippen LogP contribution is -2.43. The molecule has 144 valence electrons. The number of rotatable bonds is 4. The maximum Gasteiger partial charge on any atom is 0.425 e. The van der Waals surface area contributed by atoms with Crippen LogP contribution in [0.15, 0.2) is 41.7 Å². The number of aliphatic hydroxyl groups is 1. The number of halogens is 3. The second kappa shape index (κ2) is 6.30. The van der Waals surface area contributed by atoms with Crippen molar-refractivity contribution in [2.45, 2.75) is 24.6 Å². The van der Waals surface area contributed by atoms with Gasteiger partial charge < -0.3 is 20.1 Å². The number of amides is 1. The van der Waals surface area contributed by atoms with Crippen molar-refractivity contribution in [1.82, 2.24) is 10.2 Å². The van der Waals surface area contributed by atoms with E-state index in [1.54, 1.807) is 17.0 Å². The average Bonchev–Trinajstić information content (AvgIpc) is 3.15. The Kier molecular flexibility index (Phi) is 4.18. The first-order chi connectivity index (χ1) is 12.8. The smallest absolute Gasteiger partial charge is 0.425 e. The Balaban J connectivity index is 1.58. The van der Waals surface area contributed by atoms with Crippen molar-refractivity contribution in [3.63, 3.8) is 0 Å². The summed E-state index contributed by atoms with van der Waals surface area (Å²) in [6.07, 6.45) is -2.26. The van der Waals surface area contributed by atoms with Gasteiger partial charge in [-0.25, -0.2) is 0 Å². The first-order valence-corrected chi connectivity index (χ1v) is 8.81. The van der Waals surface area contributed by atoms with Crippen LogP contribution in [-0.2, 0) is 15.1 Å². The molecule has 0 saturated carbocycles. The number of hydrogen-bond acceptors (Lipinski definition) is 4. The number of nitrogens with zero attached hydrogens (tertiary/aromatic N) is 1. The summed E-state index contributed by atoms with van der Waals surface area (Å²) in [5, 5.41) is 13.6. The van der Waals surface area contributed by atoms with E-state index in [-0.39, 0.29) is 35.9 Å².